The van der Waals surface area contributed by atoms with Crippen LogP contribution in [-0.4, -0.2) is 19.1 Å². The van der Waals surface area contributed by atoms with Crippen LogP contribution in [0, 0.1) is 10.1 Å². The first-order chi connectivity index (χ1) is 9.65. The SMILES string of the molecule is COc1cc(NCc2ccsc2)c([N+](=O)[O-])cc1OC. The summed E-state index contributed by atoms with van der Waals surface area (Å²) in [6.45, 7) is 0.514. The fourth-order valence-corrected chi connectivity index (χ4v) is 2.42. The first kappa shape index (κ1) is 14.1. The molecule has 20 heavy (non-hydrogen) atoms. The van der Waals surface area contributed by atoms with Crippen LogP contribution < -0.4 is 14.8 Å². The maximum Gasteiger partial charge on any atom is 0.296 e. The Morgan fingerprint density at radius 3 is 2.55 bits per heavy atom. The zero-order valence-corrected chi connectivity index (χ0v) is 11.9. The largest absolute Gasteiger partial charge is 0.493 e. The minimum atomic E-state index is -0.447. The van der Waals surface area contributed by atoms with Gasteiger partial charge in [-0.05, 0) is 22.4 Å². The van der Waals surface area contributed by atoms with E-state index in [2.05, 4.69) is 5.32 Å². The molecule has 0 radical (unpaired) electrons. The minimum Gasteiger partial charge on any atom is -0.493 e. The van der Waals surface area contributed by atoms with Crippen LogP contribution in [0.1, 0.15) is 5.56 Å². The molecule has 0 aliphatic rings. The van der Waals surface area contributed by atoms with Crippen LogP contribution in [0.15, 0.2) is 29.0 Å². The van der Waals surface area contributed by atoms with E-state index >= 15 is 0 Å². The van der Waals surface area contributed by atoms with Gasteiger partial charge in [0.2, 0.25) is 0 Å². The summed E-state index contributed by atoms with van der Waals surface area (Å²) >= 11 is 1.58. The fourth-order valence-electron chi connectivity index (χ4n) is 1.75. The lowest BCUT2D eigenvalue weighted by Gasteiger charge is -2.11. The number of hydrogen-bond donors (Lipinski definition) is 1. The lowest BCUT2D eigenvalue weighted by molar-refractivity contribution is -0.384. The Labute approximate surface area is 120 Å². The molecule has 6 nitrogen and oxygen atoms in total. The highest BCUT2D eigenvalue weighted by Crippen LogP contribution is 2.37. The van der Waals surface area contributed by atoms with Crippen LogP contribution >= 0.6 is 11.3 Å². The van der Waals surface area contributed by atoms with Crippen LogP contribution in [-0.2, 0) is 6.54 Å². The Balaban J connectivity index is 2.31. The summed E-state index contributed by atoms with van der Waals surface area (Å²) in [5.74, 6) is 0.784. The summed E-state index contributed by atoms with van der Waals surface area (Å²) in [5, 5.41) is 18.1. The fraction of sp³-hybridized carbons (Fsp3) is 0.231. The van der Waals surface area contributed by atoms with Crippen molar-refractivity contribution in [3.05, 3.63) is 44.6 Å². The predicted octanol–water partition coefficient (Wildman–Crippen LogP) is 3.29. The van der Waals surface area contributed by atoms with Gasteiger partial charge in [0.1, 0.15) is 5.69 Å². The Kier molecular flexibility index (Phi) is 4.41. The molecule has 1 heterocycles. The molecule has 106 valence electrons. The number of nitro benzene ring substituents is 1. The second kappa shape index (κ2) is 6.25. The average Bonchev–Trinajstić information content (AvgIpc) is 2.97. The number of rotatable bonds is 6. The molecule has 0 spiro atoms. The highest BCUT2D eigenvalue weighted by Gasteiger charge is 2.19. The van der Waals surface area contributed by atoms with Crippen molar-refractivity contribution in [3.63, 3.8) is 0 Å². The number of anilines is 1. The van der Waals surface area contributed by atoms with E-state index in [9.17, 15) is 10.1 Å². The summed E-state index contributed by atoms with van der Waals surface area (Å²) in [6.07, 6.45) is 0. The van der Waals surface area contributed by atoms with Gasteiger partial charge in [-0.25, -0.2) is 0 Å². The molecule has 2 aromatic rings. The van der Waals surface area contributed by atoms with E-state index in [0.717, 1.165) is 5.56 Å². The number of nitrogens with zero attached hydrogens (tertiary/aromatic N) is 1. The Bertz CT molecular complexity index is 599. The molecule has 1 aromatic heterocycles. The van der Waals surface area contributed by atoms with E-state index in [0.29, 0.717) is 23.7 Å². The normalized spacial score (nSPS) is 10.1. The van der Waals surface area contributed by atoms with Gasteiger partial charge >= 0.3 is 0 Å². The van der Waals surface area contributed by atoms with E-state index in [1.807, 2.05) is 16.8 Å². The highest BCUT2D eigenvalue weighted by molar-refractivity contribution is 7.07. The standard InChI is InChI=1S/C13H14N2O4S/c1-18-12-5-10(14-7-9-3-4-20-8-9)11(15(16)17)6-13(12)19-2/h3-6,8,14H,7H2,1-2H3. The molecule has 0 aliphatic heterocycles. The number of nitrogens with one attached hydrogen (secondary N) is 1. The third kappa shape index (κ3) is 3.00. The van der Waals surface area contributed by atoms with E-state index in [-0.39, 0.29) is 5.69 Å². The topological polar surface area (TPSA) is 73.6 Å². The summed E-state index contributed by atoms with van der Waals surface area (Å²) in [7, 11) is 2.94. The second-order valence-electron chi connectivity index (χ2n) is 3.97. The molecule has 0 fully saturated rings. The Morgan fingerprint density at radius 2 is 2.00 bits per heavy atom. The van der Waals surface area contributed by atoms with Crippen molar-refractivity contribution in [2.45, 2.75) is 6.54 Å². The molecule has 0 saturated carbocycles. The molecule has 0 saturated heterocycles. The van der Waals surface area contributed by atoms with Crippen LogP contribution in [0.4, 0.5) is 11.4 Å². The van der Waals surface area contributed by atoms with E-state index in [1.165, 1.54) is 20.3 Å². The molecule has 0 amide bonds. The zero-order valence-electron chi connectivity index (χ0n) is 11.1. The number of hydrogen-bond acceptors (Lipinski definition) is 6. The maximum atomic E-state index is 11.1. The molecule has 2 rings (SSSR count). The molecule has 0 unspecified atom stereocenters. The molecular weight excluding hydrogens is 280 g/mol. The monoisotopic (exact) mass is 294 g/mol. The Morgan fingerprint density at radius 1 is 1.30 bits per heavy atom. The van der Waals surface area contributed by atoms with E-state index < -0.39 is 4.92 Å². The summed E-state index contributed by atoms with van der Waals surface area (Å²) in [4.78, 5) is 10.7. The highest BCUT2D eigenvalue weighted by atomic mass is 32.1. The van der Waals surface area contributed by atoms with Crippen LogP contribution in [0.3, 0.4) is 0 Å². The smallest absolute Gasteiger partial charge is 0.296 e. The summed E-state index contributed by atoms with van der Waals surface area (Å²) in [5.41, 5.74) is 1.43. The molecule has 7 heteroatoms. The van der Waals surface area contributed by atoms with Crippen LogP contribution in [0.25, 0.3) is 0 Å². The minimum absolute atomic E-state index is 0.0436. The number of benzene rings is 1. The number of ether oxygens (including phenoxy) is 2. The molecular formula is C13H14N2O4S. The lowest BCUT2D eigenvalue weighted by Crippen LogP contribution is -2.03. The summed E-state index contributed by atoms with van der Waals surface area (Å²) in [6, 6.07) is 4.89. The molecule has 1 N–H and O–H groups in total. The van der Waals surface area contributed by atoms with Gasteiger partial charge in [-0.3, -0.25) is 10.1 Å². The van der Waals surface area contributed by atoms with Gasteiger partial charge in [-0.2, -0.15) is 11.3 Å². The lowest BCUT2D eigenvalue weighted by atomic mass is 10.2. The van der Waals surface area contributed by atoms with E-state index in [1.54, 1.807) is 17.4 Å². The van der Waals surface area contributed by atoms with Crippen molar-refractivity contribution in [1.82, 2.24) is 0 Å². The number of methoxy groups -OCH3 is 2. The van der Waals surface area contributed by atoms with Crippen molar-refractivity contribution in [2.24, 2.45) is 0 Å². The van der Waals surface area contributed by atoms with Crippen LogP contribution in [0.5, 0.6) is 11.5 Å². The van der Waals surface area contributed by atoms with Crippen molar-refractivity contribution < 1.29 is 14.4 Å². The predicted molar refractivity (Wildman–Crippen MR) is 77.8 cm³/mol. The molecule has 1 aromatic carbocycles. The third-order valence-electron chi connectivity index (χ3n) is 2.76. The van der Waals surface area contributed by atoms with Crippen molar-refractivity contribution in [3.8, 4) is 11.5 Å². The van der Waals surface area contributed by atoms with Crippen molar-refractivity contribution >= 4 is 22.7 Å². The first-order valence-corrected chi connectivity index (χ1v) is 6.75. The van der Waals surface area contributed by atoms with Gasteiger partial charge in [0.25, 0.3) is 5.69 Å². The average molecular weight is 294 g/mol. The van der Waals surface area contributed by atoms with Gasteiger partial charge in [-0.1, -0.05) is 0 Å². The van der Waals surface area contributed by atoms with E-state index in [4.69, 9.17) is 9.47 Å². The van der Waals surface area contributed by atoms with Gasteiger partial charge in [0.05, 0.1) is 25.2 Å². The first-order valence-electron chi connectivity index (χ1n) is 5.81. The van der Waals surface area contributed by atoms with Gasteiger partial charge < -0.3 is 14.8 Å². The summed E-state index contributed by atoms with van der Waals surface area (Å²) < 4.78 is 10.2. The second-order valence-corrected chi connectivity index (χ2v) is 4.75. The van der Waals surface area contributed by atoms with Crippen LogP contribution in [0.2, 0.25) is 0 Å². The zero-order chi connectivity index (χ0) is 14.5. The molecule has 0 atom stereocenters. The molecule has 0 aliphatic carbocycles. The quantitative estimate of drug-likeness (QED) is 0.653. The Hall–Kier alpha value is -2.28. The molecule has 0 bridgehead atoms. The van der Waals surface area contributed by atoms with Gasteiger partial charge in [0.15, 0.2) is 11.5 Å². The van der Waals surface area contributed by atoms with Crippen molar-refractivity contribution in [2.75, 3.05) is 19.5 Å². The number of nitro groups is 1. The van der Waals surface area contributed by atoms with Crippen molar-refractivity contribution in [1.29, 1.82) is 0 Å². The number of thiophene rings is 1. The maximum absolute atomic E-state index is 11.1. The third-order valence-corrected chi connectivity index (χ3v) is 3.49. The van der Waals surface area contributed by atoms with Gasteiger partial charge in [-0.15, -0.1) is 0 Å². The van der Waals surface area contributed by atoms with Gasteiger partial charge in [0, 0.05) is 12.6 Å².